The third-order valence-corrected chi connectivity index (χ3v) is 6.53. The van der Waals surface area contributed by atoms with Crippen LogP contribution in [0.4, 0.5) is 5.69 Å². The maximum Gasteiger partial charge on any atom is 0.213 e. The predicted octanol–water partition coefficient (Wildman–Crippen LogP) is 5.20. The van der Waals surface area contributed by atoms with E-state index in [9.17, 15) is 5.11 Å². The molecule has 3 aromatic rings. The maximum atomic E-state index is 10.0. The molecule has 0 saturated carbocycles. The van der Waals surface area contributed by atoms with Crippen molar-refractivity contribution in [2.24, 2.45) is 0 Å². The molecule has 0 spiro atoms. The molecule has 0 amide bonds. The molecule has 0 saturated heterocycles. The summed E-state index contributed by atoms with van der Waals surface area (Å²) in [7, 11) is 0. The fourth-order valence-electron chi connectivity index (χ4n) is 3.61. The highest BCUT2D eigenvalue weighted by molar-refractivity contribution is 9.09. The van der Waals surface area contributed by atoms with Crippen molar-refractivity contribution in [1.82, 2.24) is 0 Å². The number of aliphatic hydroxyl groups excluding tert-OH is 1. The summed E-state index contributed by atoms with van der Waals surface area (Å²) in [5, 5.41) is 13.4. The van der Waals surface area contributed by atoms with E-state index < -0.39 is 6.10 Å². The van der Waals surface area contributed by atoms with Crippen LogP contribution in [0.5, 0.6) is 0 Å². The van der Waals surface area contributed by atoms with Gasteiger partial charge in [0.15, 0.2) is 6.20 Å². The van der Waals surface area contributed by atoms with E-state index in [0.717, 1.165) is 23.3 Å². The molecule has 1 unspecified atom stereocenters. The van der Waals surface area contributed by atoms with E-state index in [0.29, 0.717) is 6.54 Å². The van der Waals surface area contributed by atoms with Gasteiger partial charge in [0.05, 0.1) is 22.2 Å². The number of fused-ring (bicyclic) bond motifs is 2. The molecule has 1 aliphatic heterocycles. The van der Waals surface area contributed by atoms with Crippen LogP contribution in [-0.4, -0.2) is 23.1 Å². The fourth-order valence-corrected chi connectivity index (χ4v) is 4.98. The van der Waals surface area contributed by atoms with E-state index in [4.69, 9.17) is 0 Å². The van der Waals surface area contributed by atoms with Crippen LogP contribution < -0.4 is 9.47 Å². The average Bonchev–Trinajstić information content (AvgIpc) is 3.04. The van der Waals surface area contributed by atoms with Crippen molar-refractivity contribution >= 4 is 50.4 Å². The number of alkyl halides is 1. The van der Waals surface area contributed by atoms with Crippen molar-refractivity contribution in [3.05, 3.63) is 71.4 Å². The molecule has 0 bridgehead atoms. The summed E-state index contributed by atoms with van der Waals surface area (Å²) in [6.07, 6.45) is 5.14. The lowest BCUT2D eigenvalue weighted by Crippen LogP contribution is -2.34. The lowest BCUT2D eigenvalue weighted by molar-refractivity contribution is -0.671. The van der Waals surface area contributed by atoms with Gasteiger partial charge in [-0.1, -0.05) is 52.0 Å². The highest BCUT2D eigenvalue weighted by Crippen LogP contribution is 2.46. The van der Waals surface area contributed by atoms with E-state index >= 15 is 0 Å². The zero-order chi connectivity index (χ0) is 19.5. The first-order chi connectivity index (χ1) is 13.7. The van der Waals surface area contributed by atoms with E-state index in [2.05, 4.69) is 92.3 Å². The van der Waals surface area contributed by atoms with Crippen LogP contribution in [0.25, 0.3) is 17.0 Å². The summed E-state index contributed by atoms with van der Waals surface area (Å²) >= 11 is 5.30. The Morgan fingerprint density at radius 2 is 1.93 bits per heavy atom. The van der Waals surface area contributed by atoms with Gasteiger partial charge in [-0.25, -0.2) is 0 Å². The zero-order valence-electron chi connectivity index (χ0n) is 15.9. The smallest absolute Gasteiger partial charge is 0.213 e. The number of hydrogen-bond acceptors (Lipinski definition) is 3. The number of thioether (sulfide) groups is 1. The number of aliphatic hydroxyl groups is 1. The van der Waals surface area contributed by atoms with Crippen LogP contribution >= 0.6 is 27.7 Å². The Morgan fingerprint density at radius 1 is 1.14 bits per heavy atom. The minimum atomic E-state index is -0.394. The number of halogens is 1. The largest absolute Gasteiger partial charge is 0.392 e. The Bertz CT molecular complexity index is 1020. The van der Waals surface area contributed by atoms with Crippen molar-refractivity contribution in [3.63, 3.8) is 0 Å². The number of anilines is 1. The Morgan fingerprint density at radius 3 is 2.75 bits per heavy atom. The van der Waals surface area contributed by atoms with Gasteiger partial charge in [0.2, 0.25) is 5.52 Å². The second-order valence-electron chi connectivity index (χ2n) is 7.04. The van der Waals surface area contributed by atoms with Gasteiger partial charge in [-0.2, -0.15) is 4.57 Å². The minimum Gasteiger partial charge on any atom is -0.392 e. The molecule has 2 heterocycles. The number of β-amino-alcohol motifs (C(OH)–C–C–N with tert-alkyl or cyclic N) is 1. The Labute approximate surface area is 178 Å². The van der Waals surface area contributed by atoms with Crippen molar-refractivity contribution in [1.29, 1.82) is 0 Å². The monoisotopic (exact) mass is 455 g/mol. The van der Waals surface area contributed by atoms with Crippen LogP contribution in [0.15, 0.2) is 70.7 Å². The van der Waals surface area contributed by atoms with Crippen LogP contribution in [0, 0.1) is 0 Å². The van der Waals surface area contributed by atoms with Gasteiger partial charge in [-0.15, -0.1) is 0 Å². The highest BCUT2D eigenvalue weighted by atomic mass is 79.9. The SMILES string of the molecule is CC(O)CN1/C(=C/c2cc[n+](CCCBr)c3ccccc23)Sc2ccccc21. The standard InChI is InChI=1S/C23H24BrN2OS/c1-17(27)16-26-21-9-4-5-10-22(21)28-23(26)15-18-11-14-25(13-6-12-24)20-8-3-2-7-19(18)20/h2-5,7-11,14-15,17,27H,6,12-13,16H2,1H3/q+1. The van der Waals surface area contributed by atoms with Gasteiger partial charge in [-0.3, -0.25) is 0 Å². The van der Waals surface area contributed by atoms with E-state index in [1.807, 2.05) is 6.92 Å². The van der Waals surface area contributed by atoms with Crippen molar-refractivity contribution in [2.45, 2.75) is 30.9 Å². The number of aryl methyl sites for hydroxylation is 1. The molecule has 28 heavy (non-hydrogen) atoms. The summed E-state index contributed by atoms with van der Waals surface area (Å²) in [4.78, 5) is 3.47. The summed E-state index contributed by atoms with van der Waals surface area (Å²) < 4.78 is 2.32. The Balaban J connectivity index is 1.77. The molecule has 144 valence electrons. The normalized spacial score (nSPS) is 16.0. The van der Waals surface area contributed by atoms with Crippen LogP contribution in [-0.2, 0) is 6.54 Å². The highest BCUT2D eigenvalue weighted by Gasteiger charge is 2.26. The molecular formula is C23H24BrN2OS+. The van der Waals surface area contributed by atoms with E-state index in [1.165, 1.54) is 27.0 Å². The molecule has 4 rings (SSSR count). The first-order valence-corrected chi connectivity index (χ1v) is 11.5. The van der Waals surface area contributed by atoms with Gasteiger partial charge < -0.3 is 10.0 Å². The summed E-state index contributed by atoms with van der Waals surface area (Å²) in [5.74, 6) is 0. The van der Waals surface area contributed by atoms with Crippen LogP contribution in [0.1, 0.15) is 18.9 Å². The number of aromatic nitrogens is 1. The number of hydrogen-bond donors (Lipinski definition) is 1. The third-order valence-electron chi connectivity index (χ3n) is 4.85. The fraction of sp³-hybridized carbons (Fsp3) is 0.261. The second-order valence-corrected chi connectivity index (χ2v) is 8.89. The van der Waals surface area contributed by atoms with Gasteiger partial charge in [-0.05, 0) is 36.8 Å². The molecule has 0 aliphatic carbocycles. The quantitative estimate of drug-likeness (QED) is 0.408. The van der Waals surface area contributed by atoms with Gasteiger partial charge in [0.25, 0.3) is 0 Å². The molecule has 5 heteroatoms. The van der Waals surface area contributed by atoms with Crippen LogP contribution in [0.2, 0.25) is 0 Å². The molecule has 0 radical (unpaired) electrons. The number of rotatable bonds is 6. The van der Waals surface area contributed by atoms with Crippen LogP contribution in [0.3, 0.4) is 0 Å². The first-order valence-electron chi connectivity index (χ1n) is 9.58. The number of para-hydroxylation sites is 2. The average molecular weight is 456 g/mol. The van der Waals surface area contributed by atoms with Crippen molar-refractivity contribution in [2.75, 3.05) is 16.8 Å². The van der Waals surface area contributed by atoms with Crippen molar-refractivity contribution < 1.29 is 9.67 Å². The number of nitrogens with zero attached hydrogens (tertiary/aromatic N) is 2. The first kappa shape index (κ1) is 19.5. The molecule has 0 fully saturated rings. The third kappa shape index (κ3) is 3.97. The molecule has 1 aromatic heterocycles. The van der Waals surface area contributed by atoms with Gasteiger partial charge in [0.1, 0.15) is 6.54 Å². The van der Waals surface area contributed by atoms with Gasteiger partial charge in [0, 0.05) is 35.3 Å². The second kappa shape index (κ2) is 8.68. The molecule has 1 N–H and O–H groups in total. The topological polar surface area (TPSA) is 27.3 Å². The number of pyridine rings is 1. The van der Waals surface area contributed by atoms with E-state index in [1.54, 1.807) is 11.8 Å². The van der Waals surface area contributed by atoms with Gasteiger partial charge >= 0.3 is 0 Å². The molecular weight excluding hydrogens is 432 g/mol. The maximum absolute atomic E-state index is 10.0. The minimum absolute atomic E-state index is 0.394. The molecule has 1 aliphatic rings. The summed E-state index contributed by atoms with van der Waals surface area (Å²) in [5.41, 5.74) is 3.63. The molecule has 2 aromatic carbocycles. The van der Waals surface area contributed by atoms with Crippen molar-refractivity contribution in [3.8, 4) is 0 Å². The summed E-state index contributed by atoms with van der Waals surface area (Å²) in [6.45, 7) is 3.43. The predicted molar refractivity (Wildman–Crippen MR) is 122 cm³/mol. The number of benzene rings is 2. The zero-order valence-corrected chi connectivity index (χ0v) is 18.3. The van der Waals surface area contributed by atoms with E-state index in [-0.39, 0.29) is 0 Å². The molecule has 1 atom stereocenters. The Kier molecular flexibility index (Phi) is 6.04. The lowest BCUT2D eigenvalue weighted by atomic mass is 10.1. The summed E-state index contributed by atoms with van der Waals surface area (Å²) in [6, 6.07) is 19.2. The lowest BCUT2D eigenvalue weighted by Gasteiger charge is -2.22. The Hall–Kier alpha value is -1.82. The molecule has 3 nitrogen and oxygen atoms in total.